The van der Waals surface area contributed by atoms with Gasteiger partial charge in [-0.15, -0.1) is 0 Å². The molecule has 0 fully saturated rings. The van der Waals surface area contributed by atoms with Crippen LogP contribution in [0.2, 0.25) is 0 Å². The SMILES string of the molecule is Cc1[nH]nc2nc(C(F)(F)F)cc(NC3Cc4ccccc4NC3=O)c12. The number of rotatable bonds is 2. The number of amides is 1. The number of nitrogens with one attached hydrogen (secondary N) is 3. The summed E-state index contributed by atoms with van der Waals surface area (Å²) in [6.45, 7) is 1.69. The van der Waals surface area contributed by atoms with Crippen molar-refractivity contribution < 1.29 is 18.0 Å². The Kier molecular flexibility index (Phi) is 3.60. The van der Waals surface area contributed by atoms with Gasteiger partial charge in [0.05, 0.1) is 5.39 Å². The molecule has 1 aliphatic rings. The number of hydrogen-bond acceptors (Lipinski definition) is 4. The third-order valence-electron chi connectivity index (χ3n) is 4.34. The Morgan fingerprint density at radius 2 is 2.04 bits per heavy atom. The van der Waals surface area contributed by atoms with Crippen molar-refractivity contribution in [2.75, 3.05) is 10.6 Å². The Morgan fingerprint density at radius 3 is 2.81 bits per heavy atom. The number of halogens is 3. The summed E-state index contributed by atoms with van der Waals surface area (Å²) < 4.78 is 39.4. The maximum absolute atomic E-state index is 13.1. The van der Waals surface area contributed by atoms with Crippen molar-refractivity contribution in [3.8, 4) is 0 Å². The van der Waals surface area contributed by atoms with Gasteiger partial charge in [-0.05, 0) is 24.6 Å². The monoisotopic (exact) mass is 361 g/mol. The molecule has 0 saturated carbocycles. The van der Waals surface area contributed by atoms with E-state index in [1.807, 2.05) is 18.2 Å². The second-order valence-electron chi connectivity index (χ2n) is 6.15. The average molecular weight is 361 g/mol. The second-order valence-corrected chi connectivity index (χ2v) is 6.15. The first-order valence-corrected chi connectivity index (χ1v) is 7.91. The summed E-state index contributed by atoms with van der Waals surface area (Å²) in [6, 6.07) is 7.53. The maximum Gasteiger partial charge on any atom is 0.433 e. The molecule has 26 heavy (non-hydrogen) atoms. The van der Waals surface area contributed by atoms with Crippen molar-refractivity contribution in [2.24, 2.45) is 0 Å². The number of pyridine rings is 1. The number of anilines is 2. The summed E-state index contributed by atoms with van der Waals surface area (Å²) >= 11 is 0. The summed E-state index contributed by atoms with van der Waals surface area (Å²) in [5.41, 5.74) is 1.27. The number of alkyl halides is 3. The number of carbonyl (C=O) groups is 1. The maximum atomic E-state index is 13.1. The van der Waals surface area contributed by atoms with E-state index in [0.29, 0.717) is 23.2 Å². The molecule has 0 bridgehead atoms. The highest BCUT2D eigenvalue weighted by molar-refractivity contribution is 6.01. The van der Waals surface area contributed by atoms with E-state index in [-0.39, 0.29) is 17.2 Å². The number of para-hydroxylation sites is 1. The van der Waals surface area contributed by atoms with Crippen molar-refractivity contribution in [3.63, 3.8) is 0 Å². The van der Waals surface area contributed by atoms with E-state index in [2.05, 4.69) is 25.8 Å². The van der Waals surface area contributed by atoms with Gasteiger partial charge in [0, 0.05) is 23.5 Å². The van der Waals surface area contributed by atoms with Crippen LogP contribution in [0.4, 0.5) is 24.5 Å². The highest BCUT2D eigenvalue weighted by Gasteiger charge is 2.35. The van der Waals surface area contributed by atoms with Crippen LogP contribution in [0, 0.1) is 6.92 Å². The molecule has 3 heterocycles. The molecule has 1 aliphatic heterocycles. The topological polar surface area (TPSA) is 82.7 Å². The molecule has 3 N–H and O–H groups in total. The van der Waals surface area contributed by atoms with Crippen LogP contribution in [0.25, 0.3) is 11.0 Å². The molecule has 2 aromatic heterocycles. The van der Waals surface area contributed by atoms with E-state index in [0.717, 1.165) is 11.6 Å². The number of carbonyl (C=O) groups excluding carboxylic acids is 1. The zero-order chi connectivity index (χ0) is 18.5. The number of aryl methyl sites for hydroxylation is 1. The quantitative estimate of drug-likeness (QED) is 0.654. The fourth-order valence-electron chi connectivity index (χ4n) is 3.09. The van der Waals surface area contributed by atoms with Gasteiger partial charge in [0.2, 0.25) is 5.91 Å². The van der Waals surface area contributed by atoms with Gasteiger partial charge in [-0.1, -0.05) is 18.2 Å². The van der Waals surface area contributed by atoms with Crippen molar-refractivity contribution in [2.45, 2.75) is 25.6 Å². The second kappa shape index (κ2) is 5.72. The molecule has 1 amide bonds. The number of nitrogens with zero attached hydrogens (tertiary/aromatic N) is 2. The minimum Gasteiger partial charge on any atom is -0.373 e. The van der Waals surface area contributed by atoms with Crippen molar-refractivity contribution >= 4 is 28.3 Å². The lowest BCUT2D eigenvalue weighted by Gasteiger charge is -2.26. The van der Waals surface area contributed by atoms with Crippen LogP contribution in [-0.2, 0) is 17.4 Å². The largest absolute Gasteiger partial charge is 0.433 e. The molecule has 6 nitrogen and oxygen atoms in total. The number of benzene rings is 1. The van der Waals surface area contributed by atoms with Gasteiger partial charge in [-0.3, -0.25) is 9.89 Å². The normalized spacial score (nSPS) is 17.1. The molecule has 4 rings (SSSR count). The van der Waals surface area contributed by atoms with Gasteiger partial charge in [0.15, 0.2) is 5.65 Å². The third-order valence-corrected chi connectivity index (χ3v) is 4.34. The zero-order valence-electron chi connectivity index (χ0n) is 13.6. The summed E-state index contributed by atoms with van der Waals surface area (Å²) in [7, 11) is 0. The molecule has 3 aromatic rings. The lowest BCUT2D eigenvalue weighted by atomic mass is 9.98. The standard InChI is InChI=1S/C17H14F3N5O/c1-8-14-11(7-13(17(18,19)20)23-15(14)25-24-8)21-12-6-9-4-2-3-5-10(9)22-16(12)26/h2-5,7,12H,6H2,1H3,(H,22,26)(H2,21,23,24,25). The molecule has 0 aliphatic carbocycles. The van der Waals surface area contributed by atoms with Gasteiger partial charge in [-0.2, -0.15) is 18.3 Å². The Hall–Kier alpha value is -3.10. The van der Waals surface area contributed by atoms with Gasteiger partial charge in [-0.25, -0.2) is 4.98 Å². The summed E-state index contributed by atoms with van der Waals surface area (Å²) in [4.78, 5) is 15.9. The van der Waals surface area contributed by atoms with Crippen LogP contribution in [0.1, 0.15) is 17.0 Å². The number of H-pyrrole nitrogens is 1. The lowest BCUT2D eigenvalue weighted by Crippen LogP contribution is -2.40. The van der Waals surface area contributed by atoms with Crippen LogP contribution in [0.5, 0.6) is 0 Å². The van der Waals surface area contributed by atoms with E-state index in [9.17, 15) is 18.0 Å². The van der Waals surface area contributed by atoms with E-state index in [1.54, 1.807) is 13.0 Å². The van der Waals surface area contributed by atoms with Gasteiger partial charge >= 0.3 is 6.18 Å². The van der Waals surface area contributed by atoms with Crippen LogP contribution in [-0.4, -0.2) is 27.1 Å². The minimum atomic E-state index is -4.61. The zero-order valence-corrected chi connectivity index (χ0v) is 13.6. The highest BCUT2D eigenvalue weighted by Crippen LogP contribution is 2.34. The average Bonchev–Trinajstić information content (AvgIpc) is 2.96. The summed E-state index contributed by atoms with van der Waals surface area (Å²) in [5, 5.41) is 12.6. The predicted molar refractivity (Wildman–Crippen MR) is 89.8 cm³/mol. The fraction of sp³-hybridized carbons (Fsp3) is 0.235. The number of aromatic nitrogens is 3. The minimum absolute atomic E-state index is 0.0450. The van der Waals surface area contributed by atoms with E-state index in [4.69, 9.17) is 0 Å². The van der Waals surface area contributed by atoms with E-state index >= 15 is 0 Å². The molecular formula is C17H14F3N5O. The first kappa shape index (κ1) is 16.4. The molecule has 1 aromatic carbocycles. The van der Waals surface area contributed by atoms with Gasteiger partial charge in [0.1, 0.15) is 11.7 Å². The van der Waals surface area contributed by atoms with Gasteiger partial charge in [0.25, 0.3) is 0 Å². The first-order chi connectivity index (χ1) is 12.3. The molecule has 0 spiro atoms. The van der Waals surface area contributed by atoms with Crippen LogP contribution in [0.3, 0.4) is 0 Å². The Balaban J connectivity index is 1.75. The third kappa shape index (κ3) is 2.75. The van der Waals surface area contributed by atoms with Crippen molar-refractivity contribution in [1.82, 2.24) is 15.2 Å². The Morgan fingerprint density at radius 1 is 1.27 bits per heavy atom. The molecule has 0 saturated heterocycles. The van der Waals surface area contributed by atoms with Crippen LogP contribution >= 0.6 is 0 Å². The van der Waals surface area contributed by atoms with Gasteiger partial charge < -0.3 is 10.6 Å². The first-order valence-electron chi connectivity index (χ1n) is 7.91. The van der Waals surface area contributed by atoms with Crippen LogP contribution in [0.15, 0.2) is 30.3 Å². The molecule has 134 valence electrons. The van der Waals surface area contributed by atoms with Crippen LogP contribution < -0.4 is 10.6 Å². The number of aromatic amines is 1. The van der Waals surface area contributed by atoms with E-state index < -0.39 is 17.9 Å². The highest BCUT2D eigenvalue weighted by atomic mass is 19.4. The molecule has 0 radical (unpaired) electrons. The molecular weight excluding hydrogens is 347 g/mol. The number of hydrogen-bond donors (Lipinski definition) is 3. The van der Waals surface area contributed by atoms with Crippen molar-refractivity contribution in [1.29, 1.82) is 0 Å². The molecule has 1 atom stereocenters. The Labute approximate surface area is 145 Å². The Bertz CT molecular complexity index is 1010. The smallest absolute Gasteiger partial charge is 0.373 e. The predicted octanol–water partition coefficient (Wildman–Crippen LogP) is 3.26. The number of fused-ring (bicyclic) bond motifs is 2. The lowest BCUT2D eigenvalue weighted by molar-refractivity contribution is -0.140. The summed E-state index contributed by atoms with van der Waals surface area (Å²) in [6.07, 6.45) is -4.25. The van der Waals surface area contributed by atoms with Crippen molar-refractivity contribution in [3.05, 3.63) is 47.3 Å². The molecule has 9 heteroatoms. The van der Waals surface area contributed by atoms with E-state index in [1.165, 1.54) is 0 Å². The molecule has 1 unspecified atom stereocenters. The summed E-state index contributed by atoms with van der Waals surface area (Å²) in [5.74, 6) is -0.302. The fourth-order valence-corrected chi connectivity index (χ4v) is 3.09.